The highest BCUT2D eigenvalue weighted by atomic mass is 19.4. The quantitative estimate of drug-likeness (QED) is 0.904. The van der Waals surface area contributed by atoms with Crippen molar-refractivity contribution < 1.29 is 18.0 Å². The number of nitrogens with one attached hydrogen (secondary N) is 1. The van der Waals surface area contributed by atoms with Crippen molar-refractivity contribution >= 4 is 5.91 Å². The normalized spacial score (nSPS) is 28.3. The second-order valence-electron chi connectivity index (χ2n) is 7.13. The van der Waals surface area contributed by atoms with E-state index in [9.17, 15) is 18.0 Å². The third kappa shape index (κ3) is 3.67. The number of amides is 1. The first-order valence-electron chi connectivity index (χ1n) is 8.67. The third-order valence-corrected chi connectivity index (χ3v) is 5.21. The largest absolute Gasteiger partial charge is 0.404 e. The molecule has 1 aromatic rings. The highest BCUT2D eigenvalue weighted by Gasteiger charge is 2.64. The first-order valence-corrected chi connectivity index (χ1v) is 8.67. The Bertz CT molecular complexity index is 607. The molecule has 3 rings (SSSR count). The van der Waals surface area contributed by atoms with Crippen molar-refractivity contribution in [3.8, 4) is 0 Å². The minimum absolute atomic E-state index is 0.0183. The fraction of sp³-hybridized carbons (Fsp3) is 0.611. The van der Waals surface area contributed by atoms with Crippen LogP contribution in [0.3, 0.4) is 0 Å². The van der Waals surface area contributed by atoms with Gasteiger partial charge in [-0.1, -0.05) is 30.3 Å². The lowest BCUT2D eigenvalue weighted by Crippen LogP contribution is -2.59. The Morgan fingerprint density at radius 2 is 2.00 bits per heavy atom. The monoisotopic (exact) mass is 355 g/mol. The Labute approximate surface area is 146 Å². The van der Waals surface area contributed by atoms with E-state index in [0.29, 0.717) is 26.2 Å². The lowest BCUT2D eigenvalue weighted by molar-refractivity contribution is -0.224. The average Bonchev–Trinajstić information content (AvgIpc) is 3.00. The smallest absolute Gasteiger partial charge is 0.339 e. The van der Waals surface area contributed by atoms with E-state index in [2.05, 4.69) is 5.32 Å². The van der Waals surface area contributed by atoms with E-state index in [4.69, 9.17) is 0 Å². The van der Waals surface area contributed by atoms with Crippen LogP contribution in [-0.4, -0.2) is 60.6 Å². The van der Waals surface area contributed by atoms with Crippen molar-refractivity contribution in [2.45, 2.75) is 32.1 Å². The highest BCUT2D eigenvalue weighted by molar-refractivity contribution is 5.84. The van der Waals surface area contributed by atoms with Gasteiger partial charge in [0.15, 0.2) is 5.41 Å². The summed E-state index contributed by atoms with van der Waals surface area (Å²) in [7, 11) is 0. The molecule has 2 unspecified atom stereocenters. The van der Waals surface area contributed by atoms with Gasteiger partial charge in [-0.15, -0.1) is 0 Å². The summed E-state index contributed by atoms with van der Waals surface area (Å²) in [5.74, 6) is -0.760. The molecule has 1 N–H and O–H groups in total. The zero-order valence-electron chi connectivity index (χ0n) is 14.4. The van der Waals surface area contributed by atoms with Crippen molar-refractivity contribution in [1.82, 2.24) is 15.1 Å². The van der Waals surface area contributed by atoms with Crippen LogP contribution in [0.2, 0.25) is 0 Å². The van der Waals surface area contributed by atoms with Crippen LogP contribution in [-0.2, 0) is 11.3 Å². The van der Waals surface area contributed by atoms with Gasteiger partial charge in [0.25, 0.3) is 0 Å². The molecule has 0 aliphatic carbocycles. The number of carbonyl (C=O) groups excluding carboxylic acids is 1. The summed E-state index contributed by atoms with van der Waals surface area (Å²) >= 11 is 0. The summed E-state index contributed by atoms with van der Waals surface area (Å²) in [5, 5.41) is 3.16. The van der Waals surface area contributed by atoms with Crippen molar-refractivity contribution in [3.05, 3.63) is 35.9 Å². The van der Waals surface area contributed by atoms with Crippen molar-refractivity contribution in [3.63, 3.8) is 0 Å². The first-order chi connectivity index (χ1) is 11.8. The Morgan fingerprint density at radius 3 is 2.64 bits per heavy atom. The van der Waals surface area contributed by atoms with Gasteiger partial charge in [-0.05, 0) is 25.5 Å². The number of hydrogen-bond donors (Lipinski definition) is 1. The molecule has 0 spiro atoms. The lowest BCUT2D eigenvalue weighted by atomic mass is 9.84. The van der Waals surface area contributed by atoms with E-state index in [1.807, 2.05) is 37.3 Å². The predicted octanol–water partition coefficient (Wildman–Crippen LogP) is 2.26. The molecule has 0 aromatic heterocycles. The lowest BCUT2D eigenvalue weighted by Gasteiger charge is -2.39. The second-order valence-corrected chi connectivity index (χ2v) is 7.13. The van der Waals surface area contributed by atoms with Crippen LogP contribution >= 0.6 is 0 Å². The van der Waals surface area contributed by atoms with E-state index in [1.165, 1.54) is 4.90 Å². The van der Waals surface area contributed by atoms with Gasteiger partial charge in [0.2, 0.25) is 5.91 Å². The number of likely N-dealkylation sites (tertiary alicyclic amines) is 1. The maximum absolute atomic E-state index is 13.9. The Kier molecular flexibility index (Phi) is 5.06. The Hall–Kier alpha value is -1.60. The molecule has 4 nitrogen and oxygen atoms in total. The molecule has 25 heavy (non-hydrogen) atoms. The number of alkyl halides is 3. The Balaban J connectivity index is 1.77. The molecule has 138 valence electrons. The first kappa shape index (κ1) is 18.2. The number of nitrogens with zero attached hydrogens (tertiary/aromatic N) is 2. The molecular formula is C18H24F3N3O. The summed E-state index contributed by atoms with van der Waals surface area (Å²) in [6, 6.07) is 9.43. The fourth-order valence-electron chi connectivity index (χ4n) is 3.81. The summed E-state index contributed by atoms with van der Waals surface area (Å²) in [4.78, 5) is 16.0. The fourth-order valence-corrected chi connectivity index (χ4v) is 3.81. The van der Waals surface area contributed by atoms with Crippen LogP contribution in [0, 0.1) is 5.41 Å². The van der Waals surface area contributed by atoms with E-state index < -0.39 is 17.5 Å². The number of hydrogen-bond acceptors (Lipinski definition) is 3. The summed E-state index contributed by atoms with van der Waals surface area (Å²) in [5.41, 5.74) is -1.32. The summed E-state index contributed by atoms with van der Waals surface area (Å²) in [6.45, 7) is 3.54. The number of piperazine rings is 1. The molecule has 2 fully saturated rings. The van der Waals surface area contributed by atoms with Crippen LogP contribution in [0.15, 0.2) is 30.3 Å². The van der Waals surface area contributed by atoms with Crippen LogP contribution in [0.4, 0.5) is 13.2 Å². The van der Waals surface area contributed by atoms with Gasteiger partial charge in [0.1, 0.15) is 0 Å². The van der Waals surface area contributed by atoms with Crippen LogP contribution in [0.25, 0.3) is 0 Å². The van der Waals surface area contributed by atoms with Crippen LogP contribution < -0.4 is 5.32 Å². The van der Waals surface area contributed by atoms with Gasteiger partial charge in [-0.3, -0.25) is 9.69 Å². The molecule has 0 bridgehead atoms. The maximum Gasteiger partial charge on any atom is 0.404 e. The number of benzene rings is 1. The number of rotatable bonds is 3. The highest BCUT2D eigenvalue weighted by Crippen LogP contribution is 2.47. The van der Waals surface area contributed by atoms with Crippen molar-refractivity contribution in [2.24, 2.45) is 5.41 Å². The molecule has 2 heterocycles. The summed E-state index contributed by atoms with van der Waals surface area (Å²) in [6.07, 6.45) is -4.70. The minimum Gasteiger partial charge on any atom is -0.339 e. The van der Waals surface area contributed by atoms with Crippen molar-refractivity contribution in [2.75, 3.05) is 32.7 Å². The molecule has 0 saturated carbocycles. The molecule has 2 aliphatic heterocycles. The zero-order valence-corrected chi connectivity index (χ0v) is 14.4. The van der Waals surface area contributed by atoms with Gasteiger partial charge in [0.05, 0.1) is 0 Å². The number of halogens is 3. The van der Waals surface area contributed by atoms with Crippen LogP contribution in [0.5, 0.6) is 0 Å². The molecular weight excluding hydrogens is 331 g/mol. The molecule has 1 aromatic carbocycles. The molecule has 0 radical (unpaired) electrons. The third-order valence-electron chi connectivity index (χ3n) is 5.21. The summed E-state index contributed by atoms with van der Waals surface area (Å²) < 4.78 is 41.8. The SMILES string of the molecule is CC1CN(C(=O)C2(C(F)(F)F)CCN(Cc3ccccc3)C2)CCN1. The van der Waals surface area contributed by atoms with E-state index >= 15 is 0 Å². The topological polar surface area (TPSA) is 35.6 Å². The molecule has 1 amide bonds. The number of carbonyl (C=O) groups is 1. The molecule has 2 saturated heterocycles. The predicted molar refractivity (Wildman–Crippen MR) is 88.9 cm³/mol. The maximum atomic E-state index is 13.9. The van der Waals surface area contributed by atoms with Crippen LogP contribution in [0.1, 0.15) is 18.9 Å². The van der Waals surface area contributed by atoms with E-state index in [0.717, 1.165) is 5.56 Å². The average molecular weight is 355 g/mol. The molecule has 7 heteroatoms. The Morgan fingerprint density at radius 1 is 1.28 bits per heavy atom. The standard InChI is InChI=1S/C18H24F3N3O/c1-14-11-24(10-8-22-14)16(25)17(18(19,20)21)7-9-23(13-17)12-15-5-3-2-4-6-15/h2-6,14,22H,7-13H2,1H3. The van der Waals surface area contributed by atoms with Gasteiger partial charge in [-0.2, -0.15) is 13.2 Å². The minimum atomic E-state index is -4.54. The zero-order chi connectivity index (χ0) is 18.1. The van der Waals surface area contributed by atoms with E-state index in [1.54, 1.807) is 4.90 Å². The van der Waals surface area contributed by atoms with Crippen molar-refractivity contribution in [1.29, 1.82) is 0 Å². The van der Waals surface area contributed by atoms with E-state index in [-0.39, 0.29) is 25.6 Å². The van der Waals surface area contributed by atoms with Gasteiger partial charge < -0.3 is 10.2 Å². The second kappa shape index (κ2) is 6.96. The van der Waals surface area contributed by atoms with Gasteiger partial charge >= 0.3 is 6.18 Å². The van der Waals surface area contributed by atoms with Gasteiger partial charge in [0, 0.05) is 38.8 Å². The molecule has 2 atom stereocenters. The molecule has 2 aliphatic rings. The van der Waals surface area contributed by atoms with Gasteiger partial charge in [-0.25, -0.2) is 0 Å².